The third kappa shape index (κ3) is 3.29. The fourth-order valence-corrected chi connectivity index (χ4v) is 2.39. The minimum Gasteiger partial charge on any atom is -0.382 e. The molecule has 1 saturated heterocycles. The number of carbonyl (C=O) groups excluding carboxylic acids is 1. The summed E-state index contributed by atoms with van der Waals surface area (Å²) in [5, 5.41) is 6.65. The Kier molecular flexibility index (Phi) is 4.61. The van der Waals surface area contributed by atoms with Gasteiger partial charge in [0.25, 0.3) is 5.91 Å². The van der Waals surface area contributed by atoms with Gasteiger partial charge in [-0.25, -0.2) is 0 Å². The minimum absolute atomic E-state index is 0.0130. The quantitative estimate of drug-likeness (QED) is 0.786. The van der Waals surface area contributed by atoms with Crippen LogP contribution in [0.3, 0.4) is 0 Å². The summed E-state index contributed by atoms with van der Waals surface area (Å²) in [6.45, 7) is 7.23. The number of aromatic nitrogens is 2. The second-order valence-corrected chi connectivity index (χ2v) is 5.55. The van der Waals surface area contributed by atoms with Crippen molar-refractivity contribution in [1.29, 1.82) is 0 Å². The lowest BCUT2D eigenvalue weighted by Crippen LogP contribution is -2.50. The highest BCUT2D eigenvalue weighted by Gasteiger charge is 2.25. The number of nitrogens with one attached hydrogen (secondary N) is 1. The number of hydrogen-bond acceptors (Lipinski definition) is 5. The van der Waals surface area contributed by atoms with E-state index in [0.29, 0.717) is 11.4 Å². The standard InChI is InChI=1S/C13H24N6O/c1-10-11(12(14)16-15-10)13(20)19-8-6-18(7-9-19)5-4-17(2)3/h4-9H2,1-3H3,(H3,14,15,16). The van der Waals surface area contributed by atoms with Crippen molar-refractivity contribution >= 4 is 11.7 Å². The molecular formula is C13H24N6O. The van der Waals surface area contributed by atoms with Gasteiger partial charge in [-0.2, -0.15) is 5.10 Å². The van der Waals surface area contributed by atoms with E-state index in [1.165, 1.54) is 0 Å². The van der Waals surface area contributed by atoms with Crippen molar-refractivity contribution in [2.75, 3.05) is 59.1 Å². The van der Waals surface area contributed by atoms with E-state index in [2.05, 4.69) is 34.1 Å². The van der Waals surface area contributed by atoms with Gasteiger partial charge in [0, 0.05) is 45.0 Å². The van der Waals surface area contributed by atoms with Crippen molar-refractivity contribution in [1.82, 2.24) is 24.9 Å². The predicted molar refractivity (Wildman–Crippen MR) is 78.6 cm³/mol. The number of carbonyl (C=O) groups is 1. The molecule has 0 saturated carbocycles. The van der Waals surface area contributed by atoms with Gasteiger partial charge in [-0.15, -0.1) is 0 Å². The Morgan fingerprint density at radius 1 is 1.35 bits per heavy atom. The van der Waals surface area contributed by atoms with E-state index in [1.807, 2.05) is 11.8 Å². The molecule has 0 atom stereocenters. The third-order valence-corrected chi connectivity index (χ3v) is 3.71. The first-order valence-electron chi connectivity index (χ1n) is 6.96. The Hall–Kier alpha value is -1.60. The summed E-state index contributed by atoms with van der Waals surface area (Å²) in [4.78, 5) is 18.9. The molecule has 1 aromatic heterocycles. The number of piperazine rings is 1. The summed E-state index contributed by atoms with van der Waals surface area (Å²) in [6, 6.07) is 0. The molecule has 2 rings (SSSR count). The summed E-state index contributed by atoms with van der Waals surface area (Å²) in [7, 11) is 4.15. The van der Waals surface area contributed by atoms with Crippen molar-refractivity contribution in [3.63, 3.8) is 0 Å². The highest BCUT2D eigenvalue weighted by Crippen LogP contribution is 2.16. The van der Waals surface area contributed by atoms with Crippen LogP contribution < -0.4 is 5.73 Å². The number of rotatable bonds is 4. The largest absolute Gasteiger partial charge is 0.382 e. The molecule has 0 radical (unpaired) electrons. The van der Waals surface area contributed by atoms with Crippen LogP contribution >= 0.6 is 0 Å². The second-order valence-electron chi connectivity index (χ2n) is 5.55. The molecular weight excluding hydrogens is 256 g/mol. The number of H-pyrrole nitrogens is 1. The molecule has 1 aliphatic heterocycles. The van der Waals surface area contributed by atoms with Gasteiger partial charge >= 0.3 is 0 Å². The Morgan fingerprint density at radius 2 is 2.00 bits per heavy atom. The van der Waals surface area contributed by atoms with Gasteiger partial charge in [-0.1, -0.05) is 0 Å². The smallest absolute Gasteiger partial charge is 0.259 e. The number of nitrogen functional groups attached to an aromatic ring is 1. The van der Waals surface area contributed by atoms with Crippen LogP contribution in [0.15, 0.2) is 0 Å². The second kappa shape index (κ2) is 6.23. The van der Waals surface area contributed by atoms with Crippen LogP contribution in [0.4, 0.5) is 5.82 Å². The zero-order chi connectivity index (χ0) is 14.7. The van der Waals surface area contributed by atoms with E-state index in [9.17, 15) is 4.79 Å². The van der Waals surface area contributed by atoms with Gasteiger partial charge in [0.05, 0.1) is 0 Å². The number of aromatic amines is 1. The highest BCUT2D eigenvalue weighted by atomic mass is 16.2. The van der Waals surface area contributed by atoms with Gasteiger partial charge in [0.2, 0.25) is 0 Å². The first kappa shape index (κ1) is 14.8. The summed E-state index contributed by atoms with van der Waals surface area (Å²) < 4.78 is 0. The molecule has 1 fully saturated rings. The lowest BCUT2D eigenvalue weighted by Gasteiger charge is -2.35. The van der Waals surface area contributed by atoms with Crippen molar-refractivity contribution in [3.8, 4) is 0 Å². The average Bonchev–Trinajstić information content (AvgIpc) is 2.76. The van der Waals surface area contributed by atoms with Gasteiger partial charge < -0.3 is 15.5 Å². The SMILES string of the molecule is Cc1[nH]nc(N)c1C(=O)N1CCN(CCN(C)C)CC1. The number of nitrogens with zero attached hydrogens (tertiary/aromatic N) is 4. The summed E-state index contributed by atoms with van der Waals surface area (Å²) in [5.74, 6) is 0.281. The van der Waals surface area contributed by atoms with Crippen molar-refractivity contribution in [3.05, 3.63) is 11.3 Å². The maximum atomic E-state index is 12.4. The van der Waals surface area contributed by atoms with Gasteiger partial charge in [-0.3, -0.25) is 14.8 Å². The normalized spacial score (nSPS) is 16.9. The molecule has 3 N–H and O–H groups in total. The molecule has 20 heavy (non-hydrogen) atoms. The first-order valence-corrected chi connectivity index (χ1v) is 6.96. The van der Waals surface area contributed by atoms with Crippen LogP contribution in [0.2, 0.25) is 0 Å². The minimum atomic E-state index is -0.0130. The summed E-state index contributed by atoms with van der Waals surface area (Å²) in [6.07, 6.45) is 0. The van der Waals surface area contributed by atoms with Gasteiger partial charge in [0.1, 0.15) is 5.56 Å². The van der Waals surface area contributed by atoms with E-state index in [0.717, 1.165) is 45.0 Å². The molecule has 7 nitrogen and oxygen atoms in total. The number of hydrogen-bond donors (Lipinski definition) is 2. The third-order valence-electron chi connectivity index (χ3n) is 3.71. The lowest BCUT2D eigenvalue weighted by molar-refractivity contribution is 0.0630. The van der Waals surface area contributed by atoms with E-state index < -0.39 is 0 Å². The monoisotopic (exact) mass is 280 g/mol. The molecule has 0 bridgehead atoms. The Morgan fingerprint density at radius 3 is 2.50 bits per heavy atom. The number of amides is 1. The highest BCUT2D eigenvalue weighted by molar-refractivity contribution is 5.99. The Balaban J connectivity index is 1.89. The van der Waals surface area contributed by atoms with Crippen LogP contribution in [0.1, 0.15) is 16.1 Å². The van der Waals surface area contributed by atoms with E-state index >= 15 is 0 Å². The topological polar surface area (TPSA) is 81.5 Å². The Bertz CT molecular complexity index is 442. The molecule has 0 unspecified atom stereocenters. The number of anilines is 1. The van der Waals surface area contributed by atoms with Crippen LogP contribution in [-0.2, 0) is 0 Å². The molecule has 0 aliphatic carbocycles. The summed E-state index contributed by atoms with van der Waals surface area (Å²) >= 11 is 0. The number of likely N-dealkylation sites (N-methyl/N-ethyl adjacent to an activating group) is 1. The molecule has 0 aromatic carbocycles. The molecule has 0 spiro atoms. The van der Waals surface area contributed by atoms with E-state index in [4.69, 9.17) is 5.73 Å². The molecule has 7 heteroatoms. The molecule has 1 aromatic rings. The van der Waals surface area contributed by atoms with Gasteiger partial charge in [0.15, 0.2) is 5.82 Å². The maximum Gasteiger partial charge on any atom is 0.259 e. The summed E-state index contributed by atoms with van der Waals surface area (Å²) in [5.41, 5.74) is 7.01. The predicted octanol–water partition coefficient (Wildman–Crippen LogP) is -0.380. The zero-order valence-electron chi connectivity index (χ0n) is 12.5. The van der Waals surface area contributed by atoms with Crippen LogP contribution in [0.25, 0.3) is 0 Å². The molecule has 112 valence electrons. The van der Waals surface area contributed by atoms with Crippen LogP contribution in [0, 0.1) is 6.92 Å². The van der Waals surface area contributed by atoms with Crippen molar-refractivity contribution < 1.29 is 4.79 Å². The Labute approximate surface area is 119 Å². The first-order chi connectivity index (χ1) is 9.49. The molecule has 1 amide bonds. The fourth-order valence-electron chi connectivity index (χ4n) is 2.39. The van der Waals surface area contributed by atoms with E-state index in [-0.39, 0.29) is 5.91 Å². The van der Waals surface area contributed by atoms with Crippen LogP contribution in [0.5, 0.6) is 0 Å². The fraction of sp³-hybridized carbons (Fsp3) is 0.692. The van der Waals surface area contributed by atoms with Gasteiger partial charge in [-0.05, 0) is 21.0 Å². The average molecular weight is 280 g/mol. The van der Waals surface area contributed by atoms with Crippen LogP contribution in [-0.4, -0.2) is 84.2 Å². The molecule has 1 aliphatic rings. The van der Waals surface area contributed by atoms with Crippen molar-refractivity contribution in [2.24, 2.45) is 0 Å². The number of aryl methyl sites for hydroxylation is 1. The zero-order valence-corrected chi connectivity index (χ0v) is 12.5. The van der Waals surface area contributed by atoms with E-state index in [1.54, 1.807) is 0 Å². The maximum absolute atomic E-state index is 12.4. The number of nitrogens with two attached hydrogens (primary N) is 1. The molecule has 2 heterocycles. The van der Waals surface area contributed by atoms with Crippen molar-refractivity contribution in [2.45, 2.75) is 6.92 Å². The lowest BCUT2D eigenvalue weighted by atomic mass is 10.2.